The van der Waals surface area contributed by atoms with Gasteiger partial charge in [0, 0.05) is 11.9 Å². The number of benzene rings is 1. The highest BCUT2D eigenvalue weighted by Gasteiger charge is 2.13. The van der Waals surface area contributed by atoms with Crippen LogP contribution in [0.4, 0.5) is 0 Å². The lowest BCUT2D eigenvalue weighted by atomic mass is 10.1. The van der Waals surface area contributed by atoms with Crippen molar-refractivity contribution in [3.8, 4) is 0 Å². The van der Waals surface area contributed by atoms with E-state index in [0.29, 0.717) is 5.69 Å². The predicted molar refractivity (Wildman–Crippen MR) is 81.6 cm³/mol. The summed E-state index contributed by atoms with van der Waals surface area (Å²) in [6, 6.07) is 7.77. The van der Waals surface area contributed by atoms with Crippen LogP contribution in [0, 0.1) is 0 Å². The molecule has 0 aliphatic rings. The average Bonchev–Trinajstić information content (AvgIpc) is 2.82. The van der Waals surface area contributed by atoms with Crippen molar-refractivity contribution in [1.29, 1.82) is 0 Å². The number of amides is 1. The van der Waals surface area contributed by atoms with Crippen molar-refractivity contribution in [2.45, 2.75) is 52.0 Å². The standard InChI is InChI=1S/C16H23N3O/c1-2-3-4-5-6-9-12-19-14-11-8-7-10-13(14)15(18-19)16(17)20/h7-8,10-11H,2-6,9,12H2,1H3,(H2,17,20). The molecule has 0 fully saturated rings. The fourth-order valence-electron chi connectivity index (χ4n) is 2.52. The number of nitrogens with zero attached hydrogens (tertiary/aromatic N) is 2. The van der Waals surface area contributed by atoms with Crippen LogP contribution in [-0.2, 0) is 6.54 Å². The van der Waals surface area contributed by atoms with Gasteiger partial charge < -0.3 is 5.73 Å². The Bertz CT molecular complexity index is 574. The molecule has 2 aromatic rings. The first-order chi connectivity index (χ1) is 9.74. The molecule has 4 heteroatoms. The van der Waals surface area contributed by atoms with E-state index in [1.54, 1.807) is 0 Å². The molecule has 108 valence electrons. The smallest absolute Gasteiger partial charge is 0.269 e. The molecule has 0 bridgehead atoms. The number of carbonyl (C=O) groups is 1. The molecule has 1 aromatic heterocycles. The molecule has 0 aliphatic carbocycles. The maximum Gasteiger partial charge on any atom is 0.269 e. The molecule has 0 atom stereocenters. The van der Waals surface area contributed by atoms with Crippen molar-refractivity contribution in [2.24, 2.45) is 5.73 Å². The molecule has 4 nitrogen and oxygen atoms in total. The van der Waals surface area contributed by atoms with Crippen molar-refractivity contribution >= 4 is 16.8 Å². The maximum absolute atomic E-state index is 11.4. The molecule has 2 N–H and O–H groups in total. The minimum Gasteiger partial charge on any atom is -0.364 e. The molecule has 2 rings (SSSR count). The lowest BCUT2D eigenvalue weighted by molar-refractivity contribution is 0.0996. The number of aromatic nitrogens is 2. The average molecular weight is 273 g/mol. The Hall–Kier alpha value is -1.84. The summed E-state index contributed by atoms with van der Waals surface area (Å²) in [6.07, 6.45) is 7.47. The Kier molecular flexibility index (Phi) is 5.16. The van der Waals surface area contributed by atoms with E-state index in [0.717, 1.165) is 23.9 Å². The summed E-state index contributed by atoms with van der Waals surface area (Å²) in [5, 5.41) is 5.22. The number of hydrogen-bond acceptors (Lipinski definition) is 2. The topological polar surface area (TPSA) is 60.9 Å². The summed E-state index contributed by atoms with van der Waals surface area (Å²) in [5.74, 6) is -0.456. The Morgan fingerprint density at radius 1 is 1.15 bits per heavy atom. The third kappa shape index (κ3) is 3.38. The number of fused-ring (bicyclic) bond motifs is 1. The van der Waals surface area contributed by atoms with E-state index in [1.807, 2.05) is 28.9 Å². The lowest BCUT2D eigenvalue weighted by Gasteiger charge is -2.03. The van der Waals surface area contributed by atoms with Gasteiger partial charge in [0.1, 0.15) is 0 Å². The number of aryl methyl sites for hydroxylation is 1. The minimum absolute atomic E-state index is 0.381. The molecule has 20 heavy (non-hydrogen) atoms. The van der Waals surface area contributed by atoms with Crippen molar-refractivity contribution in [3.05, 3.63) is 30.0 Å². The second kappa shape index (κ2) is 7.08. The third-order valence-electron chi connectivity index (χ3n) is 3.61. The van der Waals surface area contributed by atoms with Gasteiger partial charge in [-0.25, -0.2) is 0 Å². The molecule has 1 aromatic carbocycles. The number of rotatable bonds is 8. The van der Waals surface area contributed by atoms with Crippen LogP contribution in [0.25, 0.3) is 10.9 Å². The highest BCUT2D eigenvalue weighted by Crippen LogP contribution is 2.18. The van der Waals surface area contributed by atoms with Crippen LogP contribution < -0.4 is 5.73 Å². The first-order valence-electron chi connectivity index (χ1n) is 7.49. The van der Waals surface area contributed by atoms with Crippen LogP contribution in [0.1, 0.15) is 55.9 Å². The first-order valence-corrected chi connectivity index (χ1v) is 7.49. The van der Waals surface area contributed by atoms with Crippen LogP contribution in [0.2, 0.25) is 0 Å². The van der Waals surface area contributed by atoms with Gasteiger partial charge in [0.15, 0.2) is 5.69 Å². The fraction of sp³-hybridized carbons (Fsp3) is 0.500. The predicted octanol–water partition coefficient (Wildman–Crippen LogP) is 3.50. The molecular weight excluding hydrogens is 250 g/mol. The van der Waals surface area contributed by atoms with Crippen LogP contribution in [-0.4, -0.2) is 15.7 Å². The van der Waals surface area contributed by atoms with Gasteiger partial charge in [-0.05, 0) is 12.5 Å². The van der Waals surface area contributed by atoms with E-state index in [9.17, 15) is 4.79 Å². The minimum atomic E-state index is -0.456. The van der Waals surface area contributed by atoms with Crippen LogP contribution >= 0.6 is 0 Å². The SMILES string of the molecule is CCCCCCCCn1nc(C(N)=O)c2ccccc21. The normalized spacial score (nSPS) is 11.1. The highest BCUT2D eigenvalue weighted by molar-refractivity contribution is 6.04. The lowest BCUT2D eigenvalue weighted by Crippen LogP contribution is -2.13. The van der Waals surface area contributed by atoms with Crippen LogP contribution in [0.15, 0.2) is 24.3 Å². The van der Waals surface area contributed by atoms with Gasteiger partial charge in [-0.3, -0.25) is 9.48 Å². The fourth-order valence-corrected chi connectivity index (χ4v) is 2.52. The molecule has 0 spiro atoms. The third-order valence-corrected chi connectivity index (χ3v) is 3.61. The first kappa shape index (κ1) is 14.6. The van der Waals surface area contributed by atoms with Crippen molar-refractivity contribution in [3.63, 3.8) is 0 Å². The van der Waals surface area contributed by atoms with E-state index in [4.69, 9.17) is 5.73 Å². The second-order valence-electron chi connectivity index (χ2n) is 5.22. The quantitative estimate of drug-likeness (QED) is 0.748. The largest absolute Gasteiger partial charge is 0.364 e. The highest BCUT2D eigenvalue weighted by atomic mass is 16.1. The molecule has 0 aliphatic heterocycles. The molecule has 0 unspecified atom stereocenters. The zero-order valence-electron chi connectivity index (χ0n) is 12.1. The van der Waals surface area contributed by atoms with E-state index >= 15 is 0 Å². The van der Waals surface area contributed by atoms with Gasteiger partial charge in [0.05, 0.1) is 5.52 Å². The zero-order valence-corrected chi connectivity index (χ0v) is 12.1. The molecular formula is C16H23N3O. The van der Waals surface area contributed by atoms with E-state index in [1.165, 1.54) is 32.1 Å². The van der Waals surface area contributed by atoms with Gasteiger partial charge in [-0.2, -0.15) is 5.10 Å². The summed E-state index contributed by atoms with van der Waals surface area (Å²) in [7, 11) is 0. The molecule has 0 saturated carbocycles. The summed E-state index contributed by atoms with van der Waals surface area (Å²) in [4.78, 5) is 11.4. The van der Waals surface area contributed by atoms with Gasteiger partial charge >= 0.3 is 0 Å². The Morgan fingerprint density at radius 2 is 1.85 bits per heavy atom. The van der Waals surface area contributed by atoms with E-state index in [2.05, 4.69) is 12.0 Å². The van der Waals surface area contributed by atoms with Crippen molar-refractivity contribution < 1.29 is 4.79 Å². The molecule has 0 radical (unpaired) electrons. The molecule has 0 saturated heterocycles. The van der Waals surface area contributed by atoms with Crippen LogP contribution in [0.3, 0.4) is 0 Å². The Balaban J connectivity index is 2.01. The number of carbonyl (C=O) groups excluding carboxylic acids is 1. The number of hydrogen-bond donors (Lipinski definition) is 1. The zero-order chi connectivity index (χ0) is 14.4. The Morgan fingerprint density at radius 3 is 2.60 bits per heavy atom. The van der Waals surface area contributed by atoms with Crippen molar-refractivity contribution in [1.82, 2.24) is 9.78 Å². The molecule has 1 heterocycles. The number of primary amides is 1. The summed E-state index contributed by atoms with van der Waals surface area (Å²) in [5.41, 5.74) is 6.76. The second-order valence-corrected chi connectivity index (χ2v) is 5.22. The van der Waals surface area contributed by atoms with E-state index in [-0.39, 0.29) is 0 Å². The summed E-state index contributed by atoms with van der Waals surface area (Å²) >= 11 is 0. The van der Waals surface area contributed by atoms with Gasteiger partial charge in [0.2, 0.25) is 0 Å². The van der Waals surface area contributed by atoms with Gasteiger partial charge in [-0.15, -0.1) is 0 Å². The number of para-hydroxylation sites is 1. The van der Waals surface area contributed by atoms with Gasteiger partial charge in [0.25, 0.3) is 5.91 Å². The maximum atomic E-state index is 11.4. The number of nitrogens with two attached hydrogens (primary N) is 1. The Labute approximate surface area is 120 Å². The summed E-state index contributed by atoms with van der Waals surface area (Å²) < 4.78 is 1.91. The van der Waals surface area contributed by atoms with Crippen molar-refractivity contribution in [2.75, 3.05) is 0 Å². The number of unbranched alkanes of at least 4 members (excludes halogenated alkanes) is 5. The van der Waals surface area contributed by atoms with Crippen LogP contribution in [0.5, 0.6) is 0 Å². The van der Waals surface area contributed by atoms with E-state index < -0.39 is 5.91 Å². The molecule has 1 amide bonds. The monoisotopic (exact) mass is 273 g/mol. The van der Waals surface area contributed by atoms with Gasteiger partial charge in [-0.1, -0.05) is 57.2 Å². The summed E-state index contributed by atoms with van der Waals surface area (Å²) in [6.45, 7) is 3.07.